The molecule has 2 nitrogen and oxygen atoms in total. The molecular weight excluding hydrogens is 204 g/mol. The Morgan fingerprint density at radius 1 is 1.53 bits per heavy atom. The van der Waals surface area contributed by atoms with Crippen LogP contribution in [0.3, 0.4) is 0 Å². The Hall–Kier alpha value is 0.270. The molecule has 1 saturated heterocycles. The van der Waals surface area contributed by atoms with E-state index in [1.165, 1.54) is 38.1 Å². The molecule has 1 rings (SSSR count). The van der Waals surface area contributed by atoms with Crippen LogP contribution < -0.4 is 5.32 Å². The van der Waals surface area contributed by atoms with Crippen LogP contribution in [0.15, 0.2) is 0 Å². The third kappa shape index (κ3) is 3.97. The van der Waals surface area contributed by atoms with E-state index in [0.29, 0.717) is 5.54 Å². The average molecular weight is 230 g/mol. The van der Waals surface area contributed by atoms with E-state index in [1.54, 1.807) is 0 Å². The fraction of sp³-hybridized carbons (Fsp3) is 1.00. The van der Waals surface area contributed by atoms with Crippen LogP contribution >= 0.6 is 11.8 Å². The maximum Gasteiger partial charge on any atom is 0.0280 e. The zero-order valence-corrected chi connectivity index (χ0v) is 11.5. The van der Waals surface area contributed by atoms with Crippen LogP contribution in [-0.4, -0.2) is 48.6 Å². The maximum atomic E-state index is 3.64. The van der Waals surface area contributed by atoms with Crippen LogP contribution in [0.25, 0.3) is 0 Å². The third-order valence-electron chi connectivity index (χ3n) is 3.51. The summed E-state index contributed by atoms with van der Waals surface area (Å²) in [6, 6.07) is 0.735. The van der Waals surface area contributed by atoms with Crippen molar-refractivity contribution in [2.45, 2.75) is 44.7 Å². The van der Waals surface area contributed by atoms with Crippen molar-refractivity contribution in [2.75, 3.05) is 32.1 Å². The summed E-state index contributed by atoms with van der Waals surface area (Å²) in [5.74, 6) is 1.25. The number of thioether (sulfide) groups is 1. The van der Waals surface area contributed by atoms with Gasteiger partial charge in [-0.1, -0.05) is 6.92 Å². The summed E-state index contributed by atoms with van der Waals surface area (Å²) in [4.78, 5) is 2.54. The van der Waals surface area contributed by atoms with Crippen molar-refractivity contribution in [1.82, 2.24) is 10.2 Å². The molecule has 15 heavy (non-hydrogen) atoms. The predicted octanol–water partition coefficient (Wildman–Crippen LogP) is 2.20. The van der Waals surface area contributed by atoms with Gasteiger partial charge in [0.1, 0.15) is 0 Å². The van der Waals surface area contributed by atoms with Gasteiger partial charge in [-0.2, -0.15) is 11.8 Å². The molecular formula is C12H26N2S. The van der Waals surface area contributed by atoms with Crippen molar-refractivity contribution >= 4 is 11.8 Å². The van der Waals surface area contributed by atoms with Gasteiger partial charge in [0, 0.05) is 23.9 Å². The Morgan fingerprint density at radius 2 is 2.27 bits per heavy atom. The van der Waals surface area contributed by atoms with E-state index < -0.39 is 0 Å². The Labute approximate surface area is 99.2 Å². The molecule has 0 aliphatic carbocycles. The molecule has 0 amide bonds. The molecule has 0 bridgehead atoms. The highest BCUT2D eigenvalue weighted by atomic mass is 32.2. The molecule has 1 N–H and O–H groups in total. The van der Waals surface area contributed by atoms with Crippen LogP contribution in [0.2, 0.25) is 0 Å². The molecule has 1 heterocycles. The molecule has 2 atom stereocenters. The van der Waals surface area contributed by atoms with Gasteiger partial charge in [0.05, 0.1) is 0 Å². The van der Waals surface area contributed by atoms with Gasteiger partial charge in [0.2, 0.25) is 0 Å². The number of likely N-dealkylation sites (N-methyl/N-ethyl adjacent to an activating group) is 1. The van der Waals surface area contributed by atoms with Crippen molar-refractivity contribution in [3.8, 4) is 0 Å². The molecule has 1 aliphatic rings. The van der Waals surface area contributed by atoms with Gasteiger partial charge in [-0.25, -0.2) is 0 Å². The smallest absolute Gasteiger partial charge is 0.0280 e. The van der Waals surface area contributed by atoms with Crippen LogP contribution in [0.1, 0.15) is 33.1 Å². The van der Waals surface area contributed by atoms with Crippen molar-refractivity contribution < 1.29 is 0 Å². The fourth-order valence-electron chi connectivity index (χ4n) is 2.52. The lowest BCUT2D eigenvalue weighted by Crippen LogP contribution is -2.49. The quantitative estimate of drug-likeness (QED) is 0.753. The van der Waals surface area contributed by atoms with Gasteiger partial charge in [0.15, 0.2) is 0 Å². The van der Waals surface area contributed by atoms with Crippen LogP contribution in [-0.2, 0) is 0 Å². The van der Waals surface area contributed by atoms with E-state index in [9.17, 15) is 0 Å². The number of nitrogens with one attached hydrogen (secondary N) is 1. The van der Waals surface area contributed by atoms with Gasteiger partial charge in [0.25, 0.3) is 0 Å². The van der Waals surface area contributed by atoms with E-state index in [0.717, 1.165) is 6.04 Å². The minimum absolute atomic E-state index is 0.362. The first-order valence-corrected chi connectivity index (χ1v) is 7.45. The standard InChI is InChI=1S/C12H26N2S/c1-5-11(9-15-4)14(3)10-12(2)7-6-8-13-12/h11,13H,5-10H2,1-4H3. The molecule has 0 spiro atoms. The minimum atomic E-state index is 0.362. The lowest BCUT2D eigenvalue weighted by atomic mass is 9.99. The van der Waals surface area contributed by atoms with Gasteiger partial charge < -0.3 is 10.2 Å². The maximum absolute atomic E-state index is 3.64. The topological polar surface area (TPSA) is 15.3 Å². The van der Waals surface area contributed by atoms with E-state index in [-0.39, 0.29) is 0 Å². The molecule has 90 valence electrons. The molecule has 0 saturated carbocycles. The molecule has 0 aromatic rings. The predicted molar refractivity (Wildman–Crippen MR) is 70.7 cm³/mol. The monoisotopic (exact) mass is 230 g/mol. The first-order valence-electron chi connectivity index (χ1n) is 6.05. The van der Waals surface area contributed by atoms with Crippen molar-refractivity contribution in [3.63, 3.8) is 0 Å². The molecule has 0 radical (unpaired) electrons. The summed E-state index contributed by atoms with van der Waals surface area (Å²) >= 11 is 1.96. The number of hydrogen-bond acceptors (Lipinski definition) is 3. The van der Waals surface area contributed by atoms with Crippen molar-refractivity contribution in [2.24, 2.45) is 0 Å². The van der Waals surface area contributed by atoms with Crippen molar-refractivity contribution in [3.05, 3.63) is 0 Å². The summed E-state index contributed by atoms with van der Waals surface area (Å²) in [5, 5.41) is 3.64. The second-order valence-corrected chi connectivity index (χ2v) is 5.93. The second kappa shape index (κ2) is 6.12. The summed E-state index contributed by atoms with van der Waals surface area (Å²) in [7, 11) is 2.27. The van der Waals surface area contributed by atoms with E-state index in [1.807, 2.05) is 11.8 Å². The fourth-order valence-corrected chi connectivity index (χ4v) is 3.40. The van der Waals surface area contributed by atoms with Gasteiger partial charge in [-0.3, -0.25) is 0 Å². The molecule has 2 unspecified atom stereocenters. The van der Waals surface area contributed by atoms with Crippen molar-refractivity contribution in [1.29, 1.82) is 0 Å². The highest BCUT2D eigenvalue weighted by Crippen LogP contribution is 2.21. The van der Waals surface area contributed by atoms with Crippen LogP contribution in [0.5, 0.6) is 0 Å². The Kier molecular flexibility index (Phi) is 5.44. The van der Waals surface area contributed by atoms with E-state index in [2.05, 4.69) is 37.4 Å². The summed E-state index contributed by atoms with van der Waals surface area (Å²) < 4.78 is 0. The SMILES string of the molecule is CCC(CSC)N(C)CC1(C)CCCN1. The lowest BCUT2D eigenvalue weighted by Gasteiger charge is -2.34. The number of hydrogen-bond donors (Lipinski definition) is 1. The Balaban J connectivity index is 2.41. The van der Waals surface area contributed by atoms with E-state index >= 15 is 0 Å². The Bertz CT molecular complexity index is 178. The van der Waals surface area contributed by atoms with Gasteiger partial charge in [-0.05, 0) is 46.0 Å². The zero-order chi connectivity index (χ0) is 11.3. The molecule has 0 aromatic heterocycles. The highest BCUT2D eigenvalue weighted by Gasteiger charge is 2.30. The number of rotatable bonds is 6. The van der Waals surface area contributed by atoms with Gasteiger partial charge >= 0.3 is 0 Å². The average Bonchev–Trinajstić information content (AvgIpc) is 2.60. The minimum Gasteiger partial charge on any atom is -0.310 e. The van der Waals surface area contributed by atoms with Crippen LogP contribution in [0.4, 0.5) is 0 Å². The third-order valence-corrected chi connectivity index (χ3v) is 4.23. The lowest BCUT2D eigenvalue weighted by molar-refractivity contribution is 0.192. The Morgan fingerprint density at radius 3 is 2.73 bits per heavy atom. The second-order valence-electron chi connectivity index (χ2n) is 5.02. The molecule has 1 aliphatic heterocycles. The zero-order valence-electron chi connectivity index (χ0n) is 10.7. The largest absolute Gasteiger partial charge is 0.310 e. The summed E-state index contributed by atoms with van der Waals surface area (Å²) in [6.45, 7) is 7.04. The van der Waals surface area contributed by atoms with Crippen LogP contribution in [0, 0.1) is 0 Å². The first kappa shape index (κ1) is 13.3. The number of nitrogens with zero attached hydrogens (tertiary/aromatic N) is 1. The molecule has 1 fully saturated rings. The summed E-state index contributed by atoms with van der Waals surface area (Å²) in [6.07, 6.45) is 6.12. The molecule has 3 heteroatoms. The molecule has 0 aromatic carbocycles. The van der Waals surface area contributed by atoms with E-state index in [4.69, 9.17) is 0 Å². The normalized spacial score (nSPS) is 28.6. The summed E-state index contributed by atoms with van der Waals surface area (Å²) in [5.41, 5.74) is 0.362. The van der Waals surface area contributed by atoms with Gasteiger partial charge in [-0.15, -0.1) is 0 Å². The first-order chi connectivity index (χ1) is 7.11. The highest BCUT2D eigenvalue weighted by molar-refractivity contribution is 7.98.